The molecule has 1 heterocycles. The van der Waals surface area contributed by atoms with E-state index in [1.807, 2.05) is 0 Å². The number of amides is 1. The van der Waals surface area contributed by atoms with Crippen LogP contribution in [0.3, 0.4) is 0 Å². The number of nitrogens with one attached hydrogen (secondary N) is 1. The highest BCUT2D eigenvalue weighted by molar-refractivity contribution is 5.94. The topological polar surface area (TPSA) is 79.3 Å². The summed E-state index contributed by atoms with van der Waals surface area (Å²) in [5.74, 6) is -0.792. The van der Waals surface area contributed by atoms with Crippen LogP contribution < -0.4 is 5.32 Å². The van der Waals surface area contributed by atoms with Crippen molar-refractivity contribution >= 4 is 11.9 Å². The second-order valence-electron chi connectivity index (χ2n) is 4.25. The van der Waals surface area contributed by atoms with Crippen molar-refractivity contribution < 1.29 is 14.7 Å². The van der Waals surface area contributed by atoms with Gasteiger partial charge in [0.15, 0.2) is 0 Å². The lowest BCUT2D eigenvalue weighted by Crippen LogP contribution is -2.38. The summed E-state index contributed by atoms with van der Waals surface area (Å²) in [4.78, 5) is 26.4. The van der Waals surface area contributed by atoms with E-state index < -0.39 is 5.97 Å². The zero-order valence-electron chi connectivity index (χ0n) is 9.30. The van der Waals surface area contributed by atoms with Crippen molar-refractivity contribution in [3.05, 3.63) is 30.1 Å². The van der Waals surface area contributed by atoms with Gasteiger partial charge in [0.2, 0.25) is 0 Å². The molecule has 1 atom stereocenters. The average Bonchev–Trinajstić information content (AvgIpc) is 3.12. The molecule has 5 nitrogen and oxygen atoms in total. The molecule has 1 aromatic heterocycles. The number of aromatic nitrogens is 1. The maximum absolute atomic E-state index is 11.8. The number of pyridine rings is 1. The van der Waals surface area contributed by atoms with Crippen molar-refractivity contribution in [3.63, 3.8) is 0 Å². The number of carboxylic acids is 1. The molecule has 0 bridgehead atoms. The van der Waals surface area contributed by atoms with Crippen LogP contribution in [0.2, 0.25) is 0 Å². The van der Waals surface area contributed by atoms with Crippen LogP contribution in [0.15, 0.2) is 24.5 Å². The van der Waals surface area contributed by atoms with E-state index in [1.165, 1.54) is 12.4 Å². The van der Waals surface area contributed by atoms with Gasteiger partial charge in [0.25, 0.3) is 5.91 Å². The van der Waals surface area contributed by atoms with Gasteiger partial charge >= 0.3 is 5.97 Å². The predicted molar refractivity (Wildman–Crippen MR) is 60.5 cm³/mol. The Balaban J connectivity index is 1.98. The molecule has 0 aliphatic heterocycles. The first-order valence-corrected chi connectivity index (χ1v) is 5.59. The normalized spacial score (nSPS) is 16.2. The van der Waals surface area contributed by atoms with E-state index in [1.54, 1.807) is 12.1 Å². The number of hydrogen-bond donors (Lipinski definition) is 2. The number of aliphatic carboxylic acids is 1. The van der Waals surface area contributed by atoms with Crippen molar-refractivity contribution in [2.75, 3.05) is 0 Å². The summed E-state index contributed by atoms with van der Waals surface area (Å²) in [6.07, 6.45) is 5.06. The molecule has 1 unspecified atom stereocenters. The third-order valence-electron chi connectivity index (χ3n) is 2.84. The Hall–Kier alpha value is -1.91. The van der Waals surface area contributed by atoms with E-state index >= 15 is 0 Å². The van der Waals surface area contributed by atoms with Gasteiger partial charge in [0, 0.05) is 24.0 Å². The molecule has 0 saturated heterocycles. The lowest BCUT2D eigenvalue weighted by Gasteiger charge is -2.15. The van der Waals surface area contributed by atoms with Crippen LogP contribution in [-0.4, -0.2) is 28.0 Å². The predicted octanol–water partition coefficient (Wildman–Crippen LogP) is 1.06. The fraction of sp³-hybridized carbons (Fsp3) is 0.417. The van der Waals surface area contributed by atoms with Crippen molar-refractivity contribution in [1.29, 1.82) is 0 Å². The van der Waals surface area contributed by atoms with Gasteiger partial charge in [-0.25, -0.2) is 0 Å². The SMILES string of the molecule is O=C(O)CC(NC(=O)c1ccncc1)C1CC1. The van der Waals surface area contributed by atoms with E-state index in [2.05, 4.69) is 10.3 Å². The third-order valence-corrected chi connectivity index (χ3v) is 2.84. The van der Waals surface area contributed by atoms with Crippen LogP contribution in [0.4, 0.5) is 0 Å². The zero-order chi connectivity index (χ0) is 12.3. The largest absolute Gasteiger partial charge is 0.481 e. The van der Waals surface area contributed by atoms with Gasteiger partial charge in [-0.2, -0.15) is 0 Å². The van der Waals surface area contributed by atoms with Crippen molar-refractivity contribution in [2.24, 2.45) is 5.92 Å². The van der Waals surface area contributed by atoms with Crippen molar-refractivity contribution in [2.45, 2.75) is 25.3 Å². The van der Waals surface area contributed by atoms with Crippen molar-refractivity contribution in [1.82, 2.24) is 10.3 Å². The minimum atomic E-state index is -0.878. The molecule has 1 aliphatic rings. The Labute approximate surface area is 98.9 Å². The fourth-order valence-electron chi connectivity index (χ4n) is 1.78. The van der Waals surface area contributed by atoms with E-state index in [0.717, 1.165) is 12.8 Å². The van der Waals surface area contributed by atoms with Crippen LogP contribution in [0, 0.1) is 5.92 Å². The second kappa shape index (κ2) is 4.95. The van der Waals surface area contributed by atoms with Crippen LogP contribution in [-0.2, 0) is 4.79 Å². The summed E-state index contributed by atoms with van der Waals surface area (Å²) in [6.45, 7) is 0. The summed E-state index contributed by atoms with van der Waals surface area (Å²) < 4.78 is 0. The molecule has 17 heavy (non-hydrogen) atoms. The molecule has 1 aromatic rings. The summed E-state index contributed by atoms with van der Waals surface area (Å²) in [5, 5.41) is 11.6. The number of carboxylic acid groups (broad SMARTS) is 1. The molecule has 1 amide bonds. The molecular formula is C12H14N2O3. The van der Waals surface area contributed by atoms with Gasteiger partial charge in [0.05, 0.1) is 6.42 Å². The highest BCUT2D eigenvalue weighted by Crippen LogP contribution is 2.34. The molecule has 0 spiro atoms. The number of rotatable bonds is 5. The Morgan fingerprint density at radius 1 is 1.41 bits per heavy atom. The number of carbonyl (C=O) groups excluding carboxylic acids is 1. The van der Waals surface area contributed by atoms with E-state index in [4.69, 9.17) is 5.11 Å². The first kappa shape index (κ1) is 11.6. The van der Waals surface area contributed by atoms with Gasteiger partial charge in [-0.15, -0.1) is 0 Å². The van der Waals surface area contributed by atoms with E-state index in [9.17, 15) is 9.59 Å². The molecule has 5 heteroatoms. The summed E-state index contributed by atoms with van der Waals surface area (Å²) in [5.41, 5.74) is 0.510. The summed E-state index contributed by atoms with van der Waals surface area (Å²) >= 11 is 0. The fourth-order valence-corrected chi connectivity index (χ4v) is 1.78. The third kappa shape index (κ3) is 3.27. The summed E-state index contributed by atoms with van der Waals surface area (Å²) in [7, 11) is 0. The first-order valence-electron chi connectivity index (χ1n) is 5.59. The molecule has 90 valence electrons. The minimum absolute atomic E-state index is 0.0124. The van der Waals surface area contributed by atoms with Gasteiger partial charge in [0.1, 0.15) is 0 Å². The smallest absolute Gasteiger partial charge is 0.305 e. The quantitative estimate of drug-likeness (QED) is 0.798. The number of hydrogen-bond acceptors (Lipinski definition) is 3. The van der Waals surface area contributed by atoms with Crippen LogP contribution in [0.5, 0.6) is 0 Å². The number of carbonyl (C=O) groups is 2. The van der Waals surface area contributed by atoms with E-state index in [-0.39, 0.29) is 18.4 Å². The Morgan fingerprint density at radius 2 is 2.06 bits per heavy atom. The highest BCUT2D eigenvalue weighted by atomic mass is 16.4. The minimum Gasteiger partial charge on any atom is -0.481 e. The first-order chi connectivity index (χ1) is 8.16. The molecule has 1 aliphatic carbocycles. The molecule has 2 N–H and O–H groups in total. The highest BCUT2D eigenvalue weighted by Gasteiger charge is 2.33. The Kier molecular flexibility index (Phi) is 3.37. The lowest BCUT2D eigenvalue weighted by atomic mass is 10.1. The lowest BCUT2D eigenvalue weighted by molar-refractivity contribution is -0.137. The Bertz CT molecular complexity index is 415. The van der Waals surface area contributed by atoms with Gasteiger partial charge in [-0.3, -0.25) is 14.6 Å². The zero-order valence-corrected chi connectivity index (χ0v) is 9.30. The second-order valence-corrected chi connectivity index (χ2v) is 4.25. The summed E-state index contributed by atoms with van der Waals surface area (Å²) in [6, 6.07) is 2.97. The maximum Gasteiger partial charge on any atom is 0.305 e. The van der Waals surface area contributed by atoms with Crippen LogP contribution >= 0.6 is 0 Å². The molecule has 2 rings (SSSR count). The van der Waals surface area contributed by atoms with Gasteiger partial charge in [-0.05, 0) is 30.9 Å². The molecular weight excluding hydrogens is 220 g/mol. The molecule has 0 radical (unpaired) electrons. The van der Waals surface area contributed by atoms with Crippen molar-refractivity contribution in [3.8, 4) is 0 Å². The monoisotopic (exact) mass is 234 g/mol. The van der Waals surface area contributed by atoms with Crippen LogP contribution in [0.25, 0.3) is 0 Å². The average molecular weight is 234 g/mol. The molecule has 0 aromatic carbocycles. The Morgan fingerprint density at radius 3 is 2.59 bits per heavy atom. The standard InChI is InChI=1S/C12H14N2O3/c15-11(16)7-10(8-1-2-8)14-12(17)9-3-5-13-6-4-9/h3-6,8,10H,1-2,7H2,(H,14,17)(H,15,16). The molecule has 1 saturated carbocycles. The molecule has 1 fully saturated rings. The van der Waals surface area contributed by atoms with Gasteiger partial charge < -0.3 is 10.4 Å². The van der Waals surface area contributed by atoms with Crippen LogP contribution in [0.1, 0.15) is 29.6 Å². The van der Waals surface area contributed by atoms with E-state index in [0.29, 0.717) is 11.5 Å². The number of nitrogens with zero attached hydrogens (tertiary/aromatic N) is 1. The maximum atomic E-state index is 11.8. The van der Waals surface area contributed by atoms with Gasteiger partial charge in [-0.1, -0.05) is 0 Å².